The fraction of sp³-hybridized carbons (Fsp3) is 0.556. The molecule has 0 saturated heterocycles. The van der Waals surface area contributed by atoms with E-state index in [2.05, 4.69) is 5.32 Å². The number of ether oxygens (including phenoxy) is 2. The number of carbonyl (C=O) groups excluding carboxylic acids is 2. The maximum Gasteiger partial charge on any atom is 0.407 e. The van der Waals surface area contributed by atoms with Gasteiger partial charge in [0.1, 0.15) is 5.60 Å². The lowest BCUT2D eigenvalue weighted by molar-refractivity contribution is -0.147. The number of hydrogen-bond acceptors (Lipinski definition) is 4. The average molecular weight is 321 g/mol. The number of nitrogens with one attached hydrogen (secondary N) is 1. The number of esters is 1. The molecule has 1 N–H and O–H groups in total. The first-order chi connectivity index (χ1) is 10.7. The zero-order valence-corrected chi connectivity index (χ0v) is 14.6. The molecule has 0 spiro atoms. The van der Waals surface area contributed by atoms with Crippen LogP contribution in [0.1, 0.15) is 38.8 Å². The number of alkyl carbamates (subject to hydrolysis) is 1. The van der Waals surface area contributed by atoms with E-state index in [1.54, 1.807) is 27.7 Å². The van der Waals surface area contributed by atoms with Gasteiger partial charge in [-0.3, -0.25) is 4.79 Å². The molecule has 23 heavy (non-hydrogen) atoms. The monoisotopic (exact) mass is 321 g/mol. The van der Waals surface area contributed by atoms with Crippen LogP contribution in [0.25, 0.3) is 0 Å². The van der Waals surface area contributed by atoms with E-state index in [0.29, 0.717) is 13.0 Å². The van der Waals surface area contributed by atoms with Gasteiger partial charge in [-0.1, -0.05) is 29.8 Å². The van der Waals surface area contributed by atoms with Gasteiger partial charge in [-0.15, -0.1) is 0 Å². The minimum atomic E-state index is -0.569. The Kier molecular flexibility index (Phi) is 7.07. The molecule has 0 aliphatic carbocycles. The van der Waals surface area contributed by atoms with Gasteiger partial charge >= 0.3 is 12.1 Å². The molecule has 1 aromatic rings. The van der Waals surface area contributed by atoms with Crippen molar-refractivity contribution in [2.45, 2.75) is 46.6 Å². The van der Waals surface area contributed by atoms with Crippen molar-refractivity contribution in [2.75, 3.05) is 13.2 Å². The summed E-state index contributed by atoms with van der Waals surface area (Å²) in [6.07, 6.45) is -0.0229. The van der Waals surface area contributed by atoms with Crippen LogP contribution in [0.5, 0.6) is 0 Å². The molecule has 0 aromatic heterocycles. The van der Waals surface area contributed by atoms with Gasteiger partial charge in [0.15, 0.2) is 0 Å². The first kappa shape index (κ1) is 19.0. The molecular weight excluding hydrogens is 294 g/mol. The Morgan fingerprint density at radius 1 is 1.17 bits per heavy atom. The lowest BCUT2D eigenvalue weighted by atomic mass is 9.98. The van der Waals surface area contributed by atoms with Crippen LogP contribution in [-0.4, -0.2) is 30.8 Å². The number of rotatable bonds is 6. The van der Waals surface area contributed by atoms with Gasteiger partial charge in [-0.05, 0) is 46.6 Å². The molecule has 128 valence electrons. The molecule has 5 heteroatoms. The first-order valence-electron chi connectivity index (χ1n) is 7.90. The Balaban J connectivity index is 2.67. The molecule has 5 nitrogen and oxygen atoms in total. The van der Waals surface area contributed by atoms with E-state index < -0.39 is 17.6 Å². The molecule has 0 saturated carbocycles. The molecule has 0 aliphatic rings. The second kappa shape index (κ2) is 8.56. The Hall–Kier alpha value is -2.04. The highest BCUT2D eigenvalue weighted by Crippen LogP contribution is 2.12. The molecule has 1 atom stereocenters. The summed E-state index contributed by atoms with van der Waals surface area (Å²) in [6.45, 7) is 9.65. The van der Waals surface area contributed by atoms with Gasteiger partial charge in [0.2, 0.25) is 0 Å². The summed E-state index contributed by atoms with van der Waals surface area (Å²) < 4.78 is 10.3. The predicted octanol–water partition coefficient (Wildman–Crippen LogP) is 3.24. The summed E-state index contributed by atoms with van der Waals surface area (Å²) in [5.41, 5.74) is 1.62. The SMILES string of the molecule is CCOC(=O)C(CNC(=O)OC(C)(C)C)Cc1ccc(C)cc1. The second-order valence-corrected chi connectivity index (χ2v) is 6.52. The molecule has 1 unspecified atom stereocenters. The largest absolute Gasteiger partial charge is 0.466 e. The molecule has 1 rings (SSSR count). The van der Waals surface area contributed by atoms with E-state index in [1.165, 1.54) is 0 Å². The summed E-state index contributed by atoms with van der Waals surface area (Å²) in [7, 11) is 0. The molecule has 1 amide bonds. The van der Waals surface area contributed by atoms with Crippen LogP contribution >= 0.6 is 0 Å². The van der Waals surface area contributed by atoms with Crippen molar-refractivity contribution in [3.63, 3.8) is 0 Å². The van der Waals surface area contributed by atoms with E-state index in [4.69, 9.17) is 9.47 Å². The third kappa shape index (κ3) is 7.68. The Bertz CT molecular complexity index is 517. The van der Waals surface area contributed by atoms with Crippen LogP contribution in [0.3, 0.4) is 0 Å². The Morgan fingerprint density at radius 3 is 2.30 bits per heavy atom. The molecule has 0 radical (unpaired) electrons. The van der Waals surface area contributed by atoms with Crippen LogP contribution < -0.4 is 5.32 Å². The van der Waals surface area contributed by atoms with Crippen molar-refractivity contribution >= 4 is 12.1 Å². The molecule has 0 bridgehead atoms. The third-order valence-corrected chi connectivity index (χ3v) is 3.11. The number of carbonyl (C=O) groups is 2. The lowest BCUT2D eigenvalue weighted by Crippen LogP contribution is -2.38. The molecular formula is C18H27NO4. The molecule has 0 heterocycles. The summed E-state index contributed by atoms with van der Waals surface area (Å²) in [6, 6.07) is 7.96. The van der Waals surface area contributed by atoms with E-state index in [9.17, 15) is 9.59 Å². The number of amides is 1. The first-order valence-corrected chi connectivity index (χ1v) is 7.90. The van der Waals surface area contributed by atoms with Gasteiger partial charge in [0, 0.05) is 6.54 Å². The summed E-state index contributed by atoms with van der Waals surface area (Å²) in [5.74, 6) is -0.755. The second-order valence-electron chi connectivity index (χ2n) is 6.52. The van der Waals surface area contributed by atoms with Gasteiger partial charge in [-0.2, -0.15) is 0 Å². The van der Waals surface area contributed by atoms with Crippen molar-refractivity contribution in [3.05, 3.63) is 35.4 Å². The highest BCUT2D eigenvalue weighted by Gasteiger charge is 2.23. The van der Waals surface area contributed by atoms with Crippen molar-refractivity contribution in [1.82, 2.24) is 5.32 Å². The smallest absolute Gasteiger partial charge is 0.407 e. The molecule has 0 fully saturated rings. The van der Waals surface area contributed by atoms with Crippen LogP contribution in [0, 0.1) is 12.8 Å². The van der Waals surface area contributed by atoms with Crippen molar-refractivity contribution in [1.29, 1.82) is 0 Å². The highest BCUT2D eigenvalue weighted by molar-refractivity contribution is 5.74. The van der Waals surface area contributed by atoms with Crippen molar-refractivity contribution in [3.8, 4) is 0 Å². The lowest BCUT2D eigenvalue weighted by Gasteiger charge is -2.21. The van der Waals surface area contributed by atoms with Crippen molar-refractivity contribution in [2.24, 2.45) is 5.92 Å². The fourth-order valence-corrected chi connectivity index (χ4v) is 2.03. The number of hydrogen-bond donors (Lipinski definition) is 1. The van der Waals surface area contributed by atoms with Crippen LogP contribution in [-0.2, 0) is 20.7 Å². The van der Waals surface area contributed by atoms with Crippen LogP contribution in [0.4, 0.5) is 4.79 Å². The zero-order valence-electron chi connectivity index (χ0n) is 14.6. The van der Waals surface area contributed by atoms with Crippen molar-refractivity contribution < 1.29 is 19.1 Å². The Morgan fingerprint density at radius 2 is 1.78 bits per heavy atom. The maximum atomic E-state index is 12.1. The number of benzene rings is 1. The summed E-state index contributed by atoms with van der Waals surface area (Å²) in [4.78, 5) is 23.9. The van der Waals surface area contributed by atoms with Gasteiger partial charge in [-0.25, -0.2) is 4.79 Å². The predicted molar refractivity (Wildman–Crippen MR) is 89.2 cm³/mol. The van der Waals surface area contributed by atoms with E-state index in [0.717, 1.165) is 11.1 Å². The topological polar surface area (TPSA) is 64.6 Å². The third-order valence-electron chi connectivity index (χ3n) is 3.11. The summed E-state index contributed by atoms with van der Waals surface area (Å²) >= 11 is 0. The van der Waals surface area contributed by atoms with Gasteiger partial charge in [0.05, 0.1) is 12.5 Å². The van der Waals surface area contributed by atoms with Gasteiger partial charge in [0.25, 0.3) is 0 Å². The average Bonchev–Trinajstić information content (AvgIpc) is 2.43. The van der Waals surface area contributed by atoms with E-state index in [-0.39, 0.29) is 12.5 Å². The normalized spacial score (nSPS) is 12.4. The minimum Gasteiger partial charge on any atom is -0.466 e. The summed E-state index contributed by atoms with van der Waals surface area (Å²) in [5, 5.41) is 2.65. The Labute approximate surface area is 138 Å². The molecule has 1 aromatic carbocycles. The van der Waals surface area contributed by atoms with Crippen LogP contribution in [0.15, 0.2) is 24.3 Å². The highest BCUT2D eigenvalue weighted by atomic mass is 16.6. The van der Waals surface area contributed by atoms with E-state index in [1.807, 2.05) is 31.2 Å². The standard InChI is InChI=1S/C18H27NO4/c1-6-22-16(20)15(11-14-9-7-13(2)8-10-14)12-19-17(21)23-18(3,4)5/h7-10,15H,6,11-12H2,1-5H3,(H,19,21). The quantitative estimate of drug-likeness (QED) is 0.817. The number of aryl methyl sites for hydroxylation is 1. The zero-order chi connectivity index (χ0) is 17.5. The van der Waals surface area contributed by atoms with Crippen LogP contribution in [0.2, 0.25) is 0 Å². The van der Waals surface area contributed by atoms with Gasteiger partial charge < -0.3 is 14.8 Å². The molecule has 0 aliphatic heterocycles. The fourth-order valence-electron chi connectivity index (χ4n) is 2.03. The maximum absolute atomic E-state index is 12.1. The minimum absolute atomic E-state index is 0.182. The van der Waals surface area contributed by atoms with E-state index >= 15 is 0 Å².